The number of carbonyl (C=O) groups excluding carboxylic acids is 1. The summed E-state index contributed by atoms with van der Waals surface area (Å²) in [5.41, 5.74) is 5.35. The van der Waals surface area contributed by atoms with Crippen LogP contribution in [0.2, 0.25) is 0 Å². The molecule has 0 saturated carbocycles. The molecule has 0 bridgehead atoms. The quantitative estimate of drug-likeness (QED) is 0.524. The Morgan fingerprint density at radius 3 is 2.58 bits per heavy atom. The minimum absolute atomic E-state index is 0.0474. The van der Waals surface area contributed by atoms with Crippen molar-refractivity contribution in [1.29, 1.82) is 0 Å². The monoisotopic (exact) mass is 174 g/mol. The van der Waals surface area contributed by atoms with Crippen LogP contribution in [0, 0.1) is 5.92 Å². The lowest BCUT2D eigenvalue weighted by atomic mass is 10.1. The van der Waals surface area contributed by atoms with E-state index in [4.69, 9.17) is 10.8 Å². The van der Waals surface area contributed by atoms with E-state index < -0.39 is 6.10 Å². The molecular weight excluding hydrogens is 156 g/mol. The molecular formula is C8H18N2O2. The minimum Gasteiger partial charge on any atom is -0.392 e. The molecule has 0 aliphatic carbocycles. The number of carbonyl (C=O) groups is 1. The fourth-order valence-electron chi connectivity index (χ4n) is 0.734. The van der Waals surface area contributed by atoms with Crippen molar-refractivity contribution < 1.29 is 9.90 Å². The van der Waals surface area contributed by atoms with Crippen molar-refractivity contribution in [3.05, 3.63) is 0 Å². The number of aliphatic hydroxyl groups excluding tert-OH is 1. The Hall–Kier alpha value is -0.610. The molecule has 12 heavy (non-hydrogen) atoms. The van der Waals surface area contributed by atoms with Gasteiger partial charge in [0.05, 0.1) is 6.10 Å². The first-order valence-corrected chi connectivity index (χ1v) is 4.21. The lowest BCUT2D eigenvalue weighted by Gasteiger charge is -2.09. The van der Waals surface area contributed by atoms with Crippen LogP contribution in [-0.2, 0) is 4.79 Å². The zero-order chi connectivity index (χ0) is 9.56. The van der Waals surface area contributed by atoms with E-state index in [-0.39, 0.29) is 11.8 Å². The molecule has 0 saturated heterocycles. The standard InChI is InChI=1S/C8H18N2O2/c1-6(4-9)3-8(12)10-5-7(2)11/h6-7,11H,3-5,9H2,1-2H3,(H,10,12)/t6?,7-/m1/s1. The predicted octanol–water partition coefficient (Wildman–Crippen LogP) is -0.532. The van der Waals surface area contributed by atoms with E-state index in [1.54, 1.807) is 6.92 Å². The second kappa shape index (κ2) is 5.97. The number of amides is 1. The van der Waals surface area contributed by atoms with Crippen molar-refractivity contribution in [1.82, 2.24) is 5.32 Å². The van der Waals surface area contributed by atoms with Gasteiger partial charge in [-0.25, -0.2) is 0 Å². The summed E-state index contributed by atoms with van der Waals surface area (Å²) in [7, 11) is 0. The maximum atomic E-state index is 11.0. The van der Waals surface area contributed by atoms with E-state index >= 15 is 0 Å². The van der Waals surface area contributed by atoms with Crippen LogP contribution in [0.5, 0.6) is 0 Å². The molecule has 0 spiro atoms. The summed E-state index contributed by atoms with van der Waals surface area (Å²) >= 11 is 0. The summed E-state index contributed by atoms with van der Waals surface area (Å²) in [6.07, 6.45) is -0.0504. The number of nitrogens with one attached hydrogen (secondary N) is 1. The molecule has 0 rings (SSSR count). The molecule has 4 heteroatoms. The normalized spacial score (nSPS) is 15.3. The molecule has 4 N–H and O–H groups in total. The van der Waals surface area contributed by atoms with Gasteiger partial charge < -0.3 is 16.2 Å². The highest BCUT2D eigenvalue weighted by atomic mass is 16.3. The fourth-order valence-corrected chi connectivity index (χ4v) is 0.734. The molecule has 0 heterocycles. The Labute approximate surface area is 73.1 Å². The molecule has 0 aromatic rings. The van der Waals surface area contributed by atoms with Gasteiger partial charge >= 0.3 is 0 Å². The van der Waals surface area contributed by atoms with Gasteiger partial charge in [0.15, 0.2) is 0 Å². The van der Waals surface area contributed by atoms with E-state index in [1.165, 1.54) is 0 Å². The van der Waals surface area contributed by atoms with E-state index in [1.807, 2.05) is 6.92 Å². The van der Waals surface area contributed by atoms with Crippen LogP contribution in [0.1, 0.15) is 20.3 Å². The summed E-state index contributed by atoms with van der Waals surface area (Å²) in [6.45, 7) is 4.38. The van der Waals surface area contributed by atoms with Crippen molar-refractivity contribution >= 4 is 5.91 Å². The molecule has 0 aromatic carbocycles. The maximum absolute atomic E-state index is 11.0. The molecule has 0 radical (unpaired) electrons. The Balaban J connectivity index is 3.46. The molecule has 1 unspecified atom stereocenters. The highest BCUT2D eigenvalue weighted by Gasteiger charge is 2.07. The first-order valence-electron chi connectivity index (χ1n) is 4.21. The largest absolute Gasteiger partial charge is 0.392 e. The van der Waals surface area contributed by atoms with Gasteiger partial charge in [0.1, 0.15) is 0 Å². The lowest BCUT2D eigenvalue weighted by Crippen LogP contribution is -2.32. The SMILES string of the molecule is CC(CN)CC(=O)NC[C@@H](C)O. The smallest absolute Gasteiger partial charge is 0.220 e. The van der Waals surface area contributed by atoms with Crippen LogP contribution in [-0.4, -0.2) is 30.2 Å². The van der Waals surface area contributed by atoms with E-state index in [2.05, 4.69) is 5.32 Å². The molecule has 72 valence electrons. The first-order chi connectivity index (χ1) is 5.56. The molecule has 1 amide bonds. The predicted molar refractivity (Wildman–Crippen MR) is 47.5 cm³/mol. The molecule has 4 nitrogen and oxygen atoms in total. The number of nitrogens with two attached hydrogens (primary N) is 1. The van der Waals surface area contributed by atoms with Gasteiger partial charge in [-0.3, -0.25) is 4.79 Å². The molecule has 2 atom stereocenters. The molecule has 0 aliphatic heterocycles. The highest BCUT2D eigenvalue weighted by molar-refractivity contribution is 5.76. The van der Waals surface area contributed by atoms with Gasteiger partial charge in [-0.2, -0.15) is 0 Å². The molecule has 0 aliphatic rings. The van der Waals surface area contributed by atoms with Crippen LogP contribution in [0.15, 0.2) is 0 Å². The highest BCUT2D eigenvalue weighted by Crippen LogP contribution is 1.97. The summed E-state index contributed by atoms with van der Waals surface area (Å²) < 4.78 is 0. The van der Waals surface area contributed by atoms with Gasteiger partial charge in [-0.15, -0.1) is 0 Å². The van der Waals surface area contributed by atoms with Gasteiger partial charge in [-0.05, 0) is 19.4 Å². The number of hydrogen-bond acceptors (Lipinski definition) is 3. The molecule has 0 fully saturated rings. The minimum atomic E-state index is -0.484. The van der Waals surface area contributed by atoms with Crippen molar-refractivity contribution in [3.8, 4) is 0 Å². The summed E-state index contributed by atoms with van der Waals surface area (Å²) in [4.78, 5) is 11.0. The van der Waals surface area contributed by atoms with Gasteiger partial charge in [-0.1, -0.05) is 6.92 Å². The second-order valence-electron chi connectivity index (χ2n) is 3.20. The Morgan fingerprint density at radius 2 is 2.17 bits per heavy atom. The van der Waals surface area contributed by atoms with Crippen molar-refractivity contribution in [2.75, 3.05) is 13.1 Å². The topological polar surface area (TPSA) is 75.4 Å². The second-order valence-corrected chi connectivity index (χ2v) is 3.20. The Kier molecular flexibility index (Phi) is 5.66. The third kappa shape index (κ3) is 6.12. The number of aliphatic hydroxyl groups is 1. The van der Waals surface area contributed by atoms with Gasteiger partial charge in [0, 0.05) is 13.0 Å². The van der Waals surface area contributed by atoms with Crippen LogP contribution < -0.4 is 11.1 Å². The third-order valence-corrected chi connectivity index (χ3v) is 1.53. The molecule has 0 aromatic heterocycles. The lowest BCUT2D eigenvalue weighted by molar-refractivity contribution is -0.122. The zero-order valence-corrected chi connectivity index (χ0v) is 7.71. The maximum Gasteiger partial charge on any atom is 0.220 e. The van der Waals surface area contributed by atoms with Gasteiger partial charge in [0.25, 0.3) is 0 Å². The average molecular weight is 174 g/mol. The van der Waals surface area contributed by atoms with E-state index in [9.17, 15) is 4.79 Å². The first kappa shape index (κ1) is 11.4. The van der Waals surface area contributed by atoms with Crippen molar-refractivity contribution in [3.63, 3.8) is 0 Å². The van der Waals surface area contributed by atoms with Crippen LogP contribution in [0.4, 0.5) is 0 Å². The summed E-state index contributed by atoms with van der Waals surface area (Å²) in [5.74, 6) is 0.160. The number of hydrogen-bond donors (Lipinski definition) is 3. The van der Waals surface area contributed by atoms with Gasteiger partial charge in [0.2, 0.25) is 5.91 Å². The Morgan fingerprint density at radius 1 is 1.58 bits per heavy atom. The van der Waals surface area contributed by atoms with Crippen LogP contribution >= 0.6 is 0 Å². The fraction of sp³-hybridized carbons (Fsp3) is 0.875. The van der Waals surface area contributed by atoms with Crippen molar-refractivity contribution in [2.24, 2.45) is 11.7 Å². The summed E-state index contributed by atoms with van der Waals surface area (Å²) in [5, 5.41) is 11.5. The number of rotatable bonds is 5. The van der Waals surface area contributed by atoms with Crippen LogP contribution in [0.3, 0.4) is 0 Å². The average Bonchev–Trinajstić information content (AvgIpc) is 2.00. The third-order valence-electron chi connectivity index (χ3n) is 1.53. The Bertz CT molecular complexity index is 137. The zero-order valence-electron chi connectivity index (χ0n) is 7.71. The van der Waals surface area contributed by atoms with Crippen LogP contribution in [0.25, 0.3) is 0 Å². The van der Waals surface area contributed by atoms with E-state index in [0.717, 1.165) is 0 Å². The van der Waals surface area contributed by atoms with Crippen molar-refractivity contribution in [2.45, 2.75) is 26.4 Å². The van der Waals surface area contributed by atoms with E-state index in [0.29, 0.717) is 19.5 Å². The summed E-state index contributed by atoms with van der Waals surface area (Å²) in [6, 6.07) is 0.